The molecule has 0 bridgehead atoms. The molecule has 0 fully saturated rings. The highest BCUT2D eigenvalue weighted by molar-refractivity contribution is 5.89. The van der Waals surface area contributed by atoms with E-state index in [-0.39, 0.29) is 11.3 Å². The monoisotopic (exact) mass is 297 g/mol. The van der Waals surface area contributed by atoms with Crippen molar-refractivity contribution in [2.24, 2.45) is 5.73 Å². The van der Waals surface area contributed by atoms with E-state index in [9.17, 15) is 4.79 Å². The number of carbonyl (C=O) groups excluding carboxylic acids is 1. The molecule has 1 amide bonds. The minimum absolute atomic E-state index is 0.0633. The second kappa shape index (κ2) is 4.45. The van der Waals surface area contributed by atoms with Gasteiger partial charge in [0, 0.05) is 29.5 Å². The first-order valence-corrected chi connectivity index (χ1v) is 7.63. The molecule has 4 heteroatoms. The SMILES string of the molecule is Cc1c2c(c(C)n1-c1ccncc1)C(C)(C(N)=O)CC2(C)C. The summed E-state index contributed by atoms with van der Waals surface area (Å²) in [6.07, 6.45) is 4.34. The minimum Gasteiger partial charge on any atom is -0.369 e. The van der Waals surface area contributed by atoms with Crippen LogP contribution in [-0.4, -0.2) is 15.5 Å². The number of fused-ring (bicyclic) bond motifs is 1. The Labute approximate surface area is 131 Å². The fraction of sp³-hybridized carbons (Fsp3) is 0.444. The third-order valence-electron chi connectivity index (χ3n) is 5.13. The molecule has 3 rings (SSSR count). The summed E-state index contributed by atoms with van der Waals surface area (Å²) in [5.74, 6) is -0.241. The van der Waals surface area contributed by atoms with Crippen LogP contribution in [0.2, 0.25) is 0 Å². The zero-order valence-electron chi connectivity index (χ0n) is 13.9. The number of rotatable bonds is 2. The molecule has 1 aliphatic carbocycles. The first-order valence-electron chi connectivity index (χ1n) is 7.63. The number of hydrogen-bond acceptors (Lipinski definition) is 2. The predicted octanol–water partition coefficient (Wildman–Crippen LogP) is 2.91. The molecule has 2 heterocycles. The molecule has 1 unspecified atom stereocenters. The van der Waals surface area contributed by atoms with E-state index < -0.39 is 5.41 Å². The molecule has 2 aromatic rings. The van der Waals surface area contributed by atoms with E-state index in [4.69, 9.17) is 5.73 Å². The highest BCUT2D eigenvalue weighted by Crippen LogP contribution is 2.53. The average Bonchev–Trinajstić information content (AvgIpc) is 2.83. The van der Waals surface area contributed by atoms with Crippen LogP contribution in [0.3, 0.4) is 0 Å². The molecule has 0 saturated carbocycles. The van der Waals surface area contributed by atoms with Crippen molar-refractivity contribution >= 4 is 5.91 Å². The Morgan fingerprint density at radius 1 is 1.14 bits per heavy atom. The Kier molecular flexibility index (Phi) is 3.00. The lowest BCUT2D eigenvalue weighted by Gasteiger charge is -2.27. The van der Waals surface area contributed by atoms with Crippen molar-refractivity contribution in [3.05, 3.63) is 47.0 Å². The lowest BCUT2D eigenvalue weighted by molar-refractivity contribution is -0.123. The Morgan fingerprint density at radius 3 is 2.23 bits per heavy atom. The van der Waals surface area contributed by atoms with Gasteiger partial charge in [0.1, 0.15) is 0 Å². The Hall–Kier alpha value is -2.10. The Balaban J connectivity index is 2.36. The van der Waals surface area contributed by atoms with Gasteiger partial charge in [-0.25, -0.2) is 0 Å². The van der Waals surface area contributed by atoms with Crippen molar-refractivity contribution in [2.75, 3.05) is 0 Å². The number of aromatic nitrogens is 2. The molecule has 2 aromatic heterocycles. The van der Waals surface area contributed by atoms with Crippen LogP contribution >= 0.6 is 0 Å². The molecule has 2 N–H and O–H groups in total. The van der Waals surface area contributed by atoms with Crippen molar-refractivity contribution in [3.8, 4) is 5.69 Å². The Bertz CT molecular complexity index is 758. The van der Waals surface area contributed by atoms with Crippen molar-refractivity contribution in [3.63, 3.8) is 0 Å². The normalized spacial score (nSPS) is 22.6. The summed E-state index contributed by atoms with van der Waals surface area (Å²) in [6.45, 7) is 10.6. The third kappa shape index (κ3) is 1.76. The summed E-state index contributed by atoms with van der Waals surface area (Å²) in [4.78, 5) is 16.3. The minimum atomic E-state index is -0.605. The van der Waals surface area contributed by atoms with Gasteiger partial charge in [0.05, 0.1) is 5.41 Å². The van der Waals surface area contributed by atoms with Gasteiger partial charge in [-0.2, -0.15) is 0 Å². The lowest BCUT2D eigenvalue weighted by atomic mass is 9.79. The second-order valence-electron chi connectivity index (χ2n) is 7.22. The van der Waals surface area contributed by atoms with Crippen LogP contribution in [-0.2, 0) is 15.6 Å². The van der Waals surface area contributed by atoms with Gasteiger partial charge in [-0.3, -0.25) is 9.78 Å². The van der Waals surface area contributed by atoms with Crippen LogP contribution < -0.4 is 5.73 Å². The maximum absolute atomic E-state index is 12.2. The maximum atomic E-state index is 12.2. The molecule has 0 radical (unpaired) electrons. The number of pyridine rings is 1. The van der Waals surface area contributed by atoms with Gasteiger partial charge in [0.2, 0.25) is 5.91 Å². The zero-order chi connectivity index (χ0) is 16.3. The fourth-order valence-corrected chi connectivity index (χ4v) is 4.49. The zero-order valence-corrected chi connectivity index (χ0v) is 13.9. The molecule has 1 aliphatic rings. The van der Waals surface area contributed by atoms with Crippen LogP contribution in [0.4, 0.5) is 0 Å². The van der Waals surface area contributed by atoms with Crippen LogP contribution in [0.15, 0.2) is 24.5 Å². The number of nitrogens with zero attached hydrogens (tertiary/aromatic N) is 2. The van der Waals surface area contributed by atoms with Crippen LogP contribution in [0.1, 0.15) is 49.7 Å². The van der Waals surface area contributed by atoms with Crippen LogP contribution in [0.5, 0.6) is 0 Å². The van der Waals surface area contributed by atoms with Crippen molar-refractivity contribution in [2.45, 2.75) is 51.9 Å². The first-order chi connectivity index (χ1) is 10.2. The molecule has 1 atom stereocenters. The largest absolute Gasteiger partial charge is 0.369 e. The topological polar surface area (TPSA) is 60.9 Å². The van der Waals surface area contributed by atoms with Gasteiger partial charge < -0.3 is 10.3 Å². The van der Waals surface area contributed by atoms with Gasteiger partial charge in [-0.1, -0.05) is 13.8 Å². The number of primary amides is 1. The highest BCUT2D eigenvalue weighted by Gasteiger charge is 2.51. The average molecular weight is 297 g/mol. The van der Waals surface area contributed by atoms with E-state index in [2.05, 4.69) is 37.2 Å². The predicted molar refractivity (Wildman–Crippen MR) is 87.2 cm³/mol. The van der Waals surface area contributed by atoms with E-state index in [1.54, 1.807) is 12.4 Å². The molecule has 116 valence electrons. The van der Waals surface area contributed by atoms with E-state index in [1.165, 1.54) is 11.3 Å². The van der Waals surface area contributed by atoms with Crippen LogP contribution in [0.25, 0.3) is 5.69 Å². The molecule has 4 nitrogen and oxygen atoms in total. The highest BCUT2D eigenvalue weighted by atomic mass is 16.1. The number of hydrogen-bond donors (Lipinski definition) is 1. The molecule has 0 aromatic carbocycles. The first kappa shape index (κ1) is 14.8. The molecule has 0 saturated heterocycles. The van der Waals surface area contributed by atoms with E-state index in [0.717, 1.165) is 23.4 Å². The third-order valence-corrected chi connectivity index (χ3v) is 5.13. The molecular weight excluding hydrogens is 274 g/mol. The van der Waals surface area contributed by atoms with Crippen molar-refractivity contribution in [1.29, 1.82) is 0 Å². The summed E-state index contributed by atoms with van der Waals surface area (Å²) >= 11 is 0. The molecule has 22 heavy (non-hydrogen) atoms. The fourth-order valence-electron chi connectivity index (χ4n) is 4.49. The summed E-state index contributed by atoms with van der Waals surface area (Å²) < 4.78 is 2.22. The number of nitrogens with two attached hydrogens (primary N) is 1. The second-order valence-corrected chi connectivity index (χ2v) is 7.22. The van der Waals surface area contributed by atoms with Gasteiger partial charge >= 0.3 is 0 Å². The van der Waals surface area contributed by atoms with Crippen LogP contribution in [0, 0.1) is 13.8 Å². The van der Waals surface area contributed by atoms with Gasteiger partial charge in [-0.05, 0) is 55.9 Å². The van der Waals surface area contributed by atoms with Gasteiger partial charge in [-0.15, -0.1) is 0 Å². The molecular formula is C18H23N3O. The van der Waals surface area contributed by atoms with E-state index >= 15 is 0 Å². The smallest absolute Gasteiger partial charge is 0.227 e. The Morgan fingerprint density at radius 2 is 1.68 bits per heavy atom. The molecule has 0 aliphatic heterocycles. The van der Waals surface area contributed by atoms with Gasteiger partial charge in [0.25, 0.3) is 0 Å². The number of amides is 1. The summed E-state index contributed by atoms with van der Waals surface area (Å²) in [5, 5.41) is 0. The summed E-state index contributed by atoms with van der Waals surface area (Å²) in [6, 6.07) is 3.98. The van der Waals surface area contributed by atoms with Gasteiger partial charge in [0.15, 0.2) is 0 Å². The van der Waals surface area contributed by atoms with E-state index in [1.807, 2.05) is 19.1 Å². The lowest BCUT2D eigenvalue weighted by Crippen LogP contribution is -2.38. The van der Waals surface area contributed by atoms with Crippen molar-refractivity contribution < 1.29 is 4.79 Å². The van der Waals surface area contributed by atoms with Crippen molar-refractivity contribution in [1.82, 2.24) is 9.55 Å². The summed E-state index contributed by atoms with van der Waals surface area (Å²) in [5.41, 5.74) is 10.8. The maximum Gasteiger partial charge on any atom is 0.227 e. The molecule has 0 spiro atoms. The summed E-state index contributed by atoms with van der Waals surface area (Å²) in [7, 11) is 0. The standard InChI is InChI=1S/C18H23N3O/c1-11-14-15(18(5,16(19)22)10-17(14,3)4)12(2)21(11)13-6-8-20-9-7-13/h6-9H,10H2,1-5H3,(H2,19,22). The number of carbonyl (C=O) groups is 1. The quantitative estimate of drug-likeness (QED) is 0.926. The van der Waals surface area contributed by atoms with E-state index in [0.29, 0.717) is 0 Å².